The second-order valence-electron chi connectivity index (χ2n) is 5.35. The Morgan fingerprint density at radius 3 is 2.17 bits per heavy atom. The minimum absolute atomic E-state index is 0.0228. The third kappa shape index (κ3) is 4.55. The van der Waals surface area contributed by atoms with E-state index in [0.717, 1.165) is 12.1 Å². The van der Waals surface area contributed by atoms with Crippen LogP contribution in [-0.4, -0.2) is 5.78 Å². The van der Waals surface area contributed by atoms with Crippen molar-refractivity contribution in [3.05, 3.63) is 83.9 Å². The standard InChI is InChI=1S/C19H17F3O/c1-2-6-16(18(23)15-7-4-3-5-8-15)13-14-9-11-17(12-10-14)19(20,21)22/h2-5,7-12,16H,1,6,13H2. The van der Waals surface area contributed by atoms with Gasteiger partial charge in [-0.1, -0.05) is 48.5 Å². The fraction of sp³-hybridized carbons (Fsp3) is 0.211. The summed E-state index contributed by atoms with van der Waals surface area (Å²) in [4.78, 5) is 12.5. The molecule has 0 radical (unpaired) electrons. The monoisotopic (exact) mass is 318 g/mol. The van der Waals surface area contributed by atoms with E-state index in [9.17, 15) is 18.0 Å². The Morgan fingerprint density at radius 1 is 1.04 bits per heavy atom. The summed E-state index contributed by atoms with van der Waals surface area (Å²) in [5, 5.41) is 0. The van der Waals surface area contributed by atoms with Crippen molar-refractivity contribution in [1.82, 2.24) is 0 Å². The molecular weight excluding hydrogens is 301 g/mol. The third-order valence-electron chi connectivity index (χ3n) is 3.64. The molecule has 0 bridgehead atoms. The van der Waals surface area contributed by atoms with Crippen molar-refractivity contribution in [2.45, 2.75) is 19.0 Å². The van der Waals surface area contributed by atoms with Gasteiger partial charge in [-0.05, 0) is 30.5 Å². The largest absolute Gasteiger partial charge is 0.416 e. The summed E-state index contributed by atoms with van der Waals surface area (Å²) in [5.41, 5.74) is 0.622. The SMILES string of the molecule is C=CCC(Cc1ccc(C(F)(F)F)cc1)C(=O)c1ccccc1. The first-order chi connectivity index (χ1) is 10.9. The predicted molar refractivity (Wildman–Crippen MR) is 84.2 cm³/mol. The molecule has 0 aliphatic rings. The zero-order chi connectivity index (χ0) is 16.9. The van der Waals surface area contributed by atoms with Crippen molar-refractivity contribution in [3.8, 4) is 0 Å². The van der Waals surface area contributed by atoms with E-state index >= 15 is 0 Å². The van der Waals surface area contributed by atoms with Gasteiger partial charge in [-0.25, -0.2) is 0 Å². The first kappa shape index (κ1) is 17.0. The molecule has 0 N–H and O–H groups in total. The van der Waals surface area contributed by atoms with Crippen LogP contribution in [0, 0.1) is 5.92 Å². The molecule has 0 spiro atoms. The van der Waals surface area contributed by atoms with Crippen molar-refractivity contribution in [2.24, 2.45) is 5.92 Å². The number of benzene rings is 2. The Bertz CT molecular complexity index is 657. The van der Waals surface area contributed by atoms with E-state index in [1.54, 1.807) is 30.3 Å². The highest BCUT2D eigenvalue weighted by Gasteiger charge is 2.30. The molecule has 23 heavy (non-hydrogen) atoms. The molecule has 2 rings (SSSR count). The highest BCUT2D eigenvalue weighted by Crippen LogP contribution is 2.29. The van der Waals surface area contributed by atoms with E-state index in [2.05, 4.69) is 6.58 Å². The summed E-state index contributed by atoms with van der Waals surface area (Å²) in [6.07, 6.45) is -1.82. The molecule has 1 unspecified atom stereocenters. The van der Waals surface area contributed by atoms with Crippen LogP contribution in [0.2, 0.25) is 0 Å². The minimum atomic E-state index is -4.35. The van der Waals surface area contributed by atoms with Crippen molar-refractivity contribution in [2.75, 3.05) is 0 Å². The lowest BCUT2D eigenvalue weighted by molar-refractivity contribution is -0.137. The molecule has 0 saturated heterocycles. The molecule has 0 aliphatic carbocycles. The number of hydrogen-bond acceptors (Lipinski definition) is 1. The highest BCUT2D eigenvalue weighted by atomic mass is 19.4. The maximum absolute atomic E-state index is 12.6. The number of ketones is 1. The van der Waals surface area contributed by atoms with Gasteiger partial charge in [-0.2, -0.15) is 13.2 Å². The summed E-state index contributed by atoms with van der Waals surface area (Å²) in [6.45, 7) is 3.66. The van der Waals surface area contributed by atoms with Crippen LogP contribution in [0.25, 0.3) is 0 Å². The molecule has 0 fully saturated rings. The normalized spacial score (nSPS) is 12.7. The first-order valence-electron chi connectivity index (χ1n) is 7.28. The van der Waals surface area contributed by atoms with Gasteiger partial charge in [-0.15, -0.1) is 6.58 Å². The van der Waals surface area contributed by atoms with E-state index in [1.165, 1.54) is 12.1 Å². The van der Waals surface area contributed by atoms with E-state index in [4.69, 9.17) is 0 Å². The molecule has 1 nitrogen and oxygen atoms in total. The second-order valence-corrected chi connectivity index (χ2v) is 5.35. The van der Waals surface area contributed by atoms with Crippen LogP contribution in [0.15, 0.2) is 67.3 Å². The zero-order valence-electron chi connectivity index (χ0n) is 12.5. The number of allylic oxidation sites excluding steroid dienone is 1. The summed E-state index contributed by atoms with van der Waals surface area (Å²) >= 11 is 0. The Labute approximate surface area is 133 Å². The first-order valence-corrected chi connectivity index (χ1v) is 7.28. The summed E-state index contributed by atoms with van der Waals surface area (Å²) < 4.78 is 37.8. The van der Waals surface area contributed by atoms with Crippen molar-refractivity contribution in [3.63, 3.8) is 0 Å². The van der Waals surface area contributed by atoms with Crippen LogP contribution in [-0.2, 0) is 12.6 Å². The molecule has 2 aromatic carbocycles. The van der Waals surface area contributed by atoms with Gasteiger partial charge < -0.3 is 0 Å². The number of Topliss-reactive ketones (excluding diaryl/α,β-unsaturated/α-hetero) is 1. The lowest BCUT2D eigenvalue weighted by atomic mass is 9.88. The smallest absolute Gasteiger partial charge is 0.294 e. The average Bonchev–Trinajstić information content (AvgIpc) is 2.54. The Morgan fingerprint density at radius 2 is 1.65 bits per heavy atom. The summed E-state index contributed by atoms with van der Waals surface area (Å²) in [5.74, 6) is -0.350. The van der Waals surface area contributed by atoms with Gasteiger partial charge >= 0.3 is 6.18 Å². The van der Waals surface area contributed by atoms with E-state index in [0.29, 0.717) is 24.0 Å². The van der Waals surface area contributed by atoms with E-state index < -0.39 is 11.7 Å². The van der Waals surface area contributed by atoms with Gasteiger partial charge in [0.05, 0.1) is 5.56 Å². The molecule has 0 aromatic heterocycles. The Balaban J connectivity index is 2.16. The van der Waals surface area contributed by atoms with Crippen LogP contribution in [0.5, 0.6) is 0 Å². The van der Waals surface area contributed by atoms with Crippen LogP contribution >= 0.6 is 0 Å². The second kappa shape index (κ2) is 7.27. The van der Waals surface area contributed by atoms with Crippen LogP contribution in [0.1, 0.15) is 27.9 Å². The molecule has 0 saturated carbocycles. The topological polar surface area (TPSA) is 17.1 Å². The average molecular weight is 318 g/mol. The molecule has 0 aliphatic heterocycles. The van der Waals surface area contributed by atoms with Gasteiger partial charge in [0, 0.05) is 11.5 Å². The van der Waals surface area contributed by atoms with Crippen LogP contribution in [0.4, 0.5) is 13.2 Å². The third-order valence-corrected chi connectivity index (χ3v) is 3.64. The number of carbonyl (C=O) groups is 1. The maximum Gasteiger partial charge on any atom is 0.416 e. The highest BCUT2D eigenvalue weighted by molar-refractivity contribution is 5.98. The molecule has 0 heterocycles. The number of halogens is 3. The van der Waals surface area contributed by atoms with Gasteiger partial charge in [0.15, 0.2) is 5.78 Å². The van der Waals surface area contributed by atoms with Gasteiger partial charge in [0.2, 0.25) is 0 Å². The molecule has 1 atom stereocenters. The lowest BCUT2D eigenvalue weighted by Gasteiger charge is -2.15. The molecule has 120 valence electrons. The fourth-order valence-corrected chi connectivity index (χ4v) is 2.44. The van der Waals surface area contributed by atoms with Crippen molar-refractivity contribution >= 4 is 5.78 Å². The number of rotatable bonds is 6. The maximum atomic E-state index is 12.6. The lowest BCUT2D eigenvalue weighted by Crippen LogP contribution is -2.17. The number of hydrogen-bond donors (Lipinski definition) is 0. The Hall–Kier alpha value is -2.36. The number of alkyl halides is 3. The Kier molecular flexibility index (Phi) is 5.37. The van der Waals surface area contributed by atoms with Gasteiger partial charge in [-0.3, -0.25) is 4.79 Å². The molecular formula is C19H17F3O. The van der Waals surface area contributed by atoms with Crippen molar-refractivity contribution in [1.29, 1.82) is 0 Å². The quantitative estimate of drug-likeness (QED) is 0.520. The van der Waals surface area contributed by atoms with Gasteiger partial charge in [0.1, 0.15) is 0 Å². The molecule has 4 heteroatoms. The summed E-state index contributed by atoms with van der Waals surface area (Å²) in [6, 6.07) is 13.8. The van der Waals surface area contributed by atoms with Crippen LogP contribution < -0.4 is 0 Å². The van der Waals surface area contributed by atoms with E-state index in [1.807, 2.05) is 6.07 Å². The fourth-order valence-electron chi connectivity index (χ4n) is 2.44. The van der Waals surface area contributed by atoms with Crippen molar-refractivity contribution < 1.29 is 18.0 Å². The molecule has 0 amide bonds. The zero-order valence-corrected chi connectivity index (χ0v) is 12.5. The molecule has 2 aromatic rings. The van der Waals surface area contributed by atoms with E-state index in [-0.39, 0.29) is 11.7 Å². The van der Waals surface area contributed by atoms with Crippen LogP contribution in [0.3, 0.4) is 0 Å². The van der Waals surface area contributed by atoms with Gasteiger partial charge in [0.25, 0.3) is 0 Å². The number of carbonyl (C=O) groups excluding carboxylic acids is 1. The minimum Gasteiger partial charge on any atom is -0.294 e. The predicted octanol–water partition coefficient (Wildman–Crippen LogP) is 5.32. The summed E-state index contributed by atoms with van der Waals surface area (Å²) in [7, 11) is 0.